The molecule has 0 aliphatic rings. The molecule has 0 saturated heterocycles. The number of ether oxygens (including phenoxy) is 4. The maximum Gasteiger partial charge on any atom is 0.361 e. The molecule has 0 aliphatic carbocycles. The van der Waals surface area contributed by atoms with Crippen LogP contribution >= 0.6 is 0 Å². The van der Waals surface area contributed by atoms with Gasteiger partial charge in [-0.25, -0.2) is 4.79 Å². The van der Waals surface area contributed by atoms with Crippen molar-refractivity contribution in [1.29, 1.82) is 0 Å². The van der Waals surface area contributed by atoms with Crippen LogP contribution in [0.3, 0.4) is 0 Å². The molecule has 0 amide bonds. The summed E-state index contributed by atoms with van der Waals surface area (Å²) in [6.07, 6.45) is 73.1. The monoisotopic (exact) mass is 983 g/mol. The number of quaternary nitrogens is 1. The van der Waals surface area contributed by atoms with Crippen molar-refractivity contribution in [3.63, 3.8) is 0 Å². The third-order valence-electron chi connectivity index (χ3n) is 10.3. The lowest BCUT2D eigenvalue weighted by Gasteiger charge is -2.25. The van der Waals surface area contributed by atoms with Crippen molar-refractivity contribution in [1.82, 2.24) is 0 Å². The van der Waals surface area contributed by atoms with Gasteiger partial charge in [-0.05, 0) is 122 Å². The van der Waals surface area contributed by atoms with E-state index in [9.17, 15) is 19.5 Å². The zero-order chi connectivity index (χ0) is 52.0. The molecule has 0 spiro atoms. The van der Waals surface area contributed by atoms with Gasteiger partial charge in [-0.2, -0.15) is 0 Å². The Morgan fingerprint density at radius 2 is 0.761 bits per heavy atom. The normalized spacial score (nSPS) is 14.1. The fraction of sp³-hybridized carbons (Fsp3) is 0.532. The third kappa shape index (κ3) is 52.6. The highest BCUT2D eigenvalue weighted by Gasteiger charge is 2.25. The Bertz CT molecular complexity index is 1710. The average Bonchev–Trinajstić information content (AvgIpc) is 3.34. The van der Waals surface area contributed by atoms with Crippen molar-refractivity contribution in [2.75, 3.05) is 47.5 Å². The summed E-state index contributed by atoms with van der Waals surface area (Å²) >= 11 is 0. The number of carbonyl (C=O) groups excluding carboxylic acids is 2. The van der Waals surface area contributed by atoms with E-state index in [1.807, 2.05) is 21.1 Å². The Balaban J connectivity index is 4.52. The molecule has 0 aliphatic heterocycles. The summed E-state index contributed by atoms with van der Waals surface area (Å²) in [6.45, 7) is 4.51. The topological polar surface area (TPSA) is 108 Å². The number of aliphatic carboxylic acids is 1. The third-order valence-corrected chi connectivity index (χ3v) is 10.3. The number of esters is 2. The molecule has 0 rings (SSSR count). The largest absolute Gasteiger partial charge is 0.477 e. The van der Waals surface area contributed by atoms with Gasteiger partial charge in [-0.3, -0.25) is 9.59 Å². The van der Waals surface area contributed by atoms with Crippen molar-refractivity contribution in [2.24, 2.45) is 0 Å². The first-order valence-corrected chi connectivity index (χ1v) is 26.6. The van der Waals surface area contributed by atoms with E-state index in [0.717, 1.165) is 116 Å². The van der Waals surface area contributed by atoms with Gasteiger partial charge in [0.15, 0.2) is 6.10 Å². The number of carbonyl (C=O) groups is 3. The number of unbranched alkanes of at least 4 members (excludes halogenated alkanes) is 5. The Kier molecular flexibility index (Phi) is 47.6. The summed E-state index contributed by atoms with van der Waals surface area (Å²) in [7, 11) is 5.92. The standard InChI is InChI=1S/C62H95NO8/c1-6-8-10-12-14-16-18-20-22-24-26-28-29-30-31-33-35-37-39-41-43-45-47-49-51-53-60(65)71-58(57-70-62(61(66)67)68-55-54-63(3,4)5)56-69-59(64)52-50-48-46-44-42-40-38-36-34-32-27-25-23-21-19-17-15-13-11-9-7-2/h8-11,14-17,20-23,26-28,30-32,35-38,41-44,58,62H,6-7,12-13,18-19,24-25,29,33-34,39-40,45-57H2,1-5H3/p+1/b10-8-,11-9-,16-14-,17-15-,22-20-,23-21-,28-26-,31-30-,32-27-,37-35-,38-36-,43-41-,44-42-. The summed E-state index contributed by atoms with van der Waals surface area (Å²) in [5.74, 6) is -2.14. The van der Waals surface area contributed by atoms with E-state index in [2.05, 4.69) is 172 Å². The van der Waals surface area contributed by atoms with Gasteiger partial charge in [0.25, 0.3) is 6.29 Å². The van der Waals surface area contributed by atoms with Crippen LogP contribution in [0.1, 0.15) is 155 Å². The van der Waals surface area contributed by atoms with Crippen LogP contribution < -0.4 is 0 Å². The summed E-state index contributed by atoms with van der Waals surface area (Å²) in [5, 5.41) is 9.68. The molecule has 0 fully saturated rings. The van der Waals surface area contributed by atoms with Gasteiger partial charge in [0, 0.05) is 12.8 Å². The first-order chi connectivity index (χ1) is 34.6. The molecule has 396 valence electrons. The first-order valence-electron chi connectivity index (χ1n) is 26.6. The molecule has 0 aromatic heterocycles. The molecule has 0 aromatic carbocycles. The number of nitrogens with zero attached hydrogens (tertiary/aromatic N) is 1. The molecule has 71 heavy (non-hydrogen) atoms. The molecule has 1 N–H and O–H groups in total. The van der Waals surface area contributed by atoms with Crippen molar-refractivity contribution < 1.29 is 42.9 Å². The highest BCUT2D eigenvalue weighted by Crippen LogP contribution is 2.10. The van der Waals surface area contributed by atoms with Crippen LogP contribution in [-0.2, 0) is 33.3 Å². The minimum atomic E-state index is -1.54. The summed E-state index contributed by atoms with van der Waals surface area (Å²) in [5.41, 5.74) is 0. The molecular formula is C62H96NO8+. The van der Waals surface area contributed by atoms with Gasteiger partial charge in [0.1, 0.15) is 13.2 Å². The Morgan fingerprint density at radius 1 is 0.423 bits per heavy atom. The maximum atomic E-state index is 12.8. The van der Waals surface area contributed by atoms with E-state index in [1.54, 1.807) is 0 Å². The number of likely N-dealkylation sites (N-methyl/N-ethyl adjacent to an activating group) is 1. The first kappa shape index (κ1) is 65.9. The zero-order valence-electron chi connectivity index (χ0n) is 44.8. The van der Waals surface area contributed by atoms with E-state index in [-0.39, 0.29) is 32.7 Å². The molecule has 2 atom stereocenters. The summed E-state index contributed by atoms with van der Waals surface area (Å²) < 4.78 is 22.7. The average molecular weight is 983 g/mol. The van der Waals surface area contributed by atoms with Crippen LogP contribution in [0.25, 0.3) is 0 Å². The molecule has 0 aromatic rings. The highest BCUT2D eigenvalue weighted by atomic mass is 16.7. The Morgan fingerprint density at radius 3 is 1.13 bits per heavy atom. The Labute approximate surface area is 432 Å². The molecule has 0 heterocycles. The van der Waals surface area contributed by atoms with E-state index in [1.165, 1.54) is 0 Å². The van der Waals surface area contributed by atoms with Crippen molar-refractivity contribution in [3.05, 3.63) is 158 Å². The smallest absolute Gasteiger partial charge is 0.361 e. The minimum Gasteiger partial charge on any atom is -0.477 e. The van der Waals surface area contributed by atoms with E-state index >= 15 is 0 Å². The predicted octanol–water partition coefficient (Wildman–Crippen LogP) is 15.4. The summed E-state index contributed by atoms with van der Waals surface area (Å²) in [6, 6.07) is 0. The lowest BCUT2D eigenvalue weighted by Crippen LogP contribution is -2.40. The van der Waals surface area contributed by atoms with Gasteiger partial charge in [0.2, 0.25) is 0 Å². The van der Waals surface area contributed by atoms with Gasteiger partial charge >= 0.3 is 17.9 Å². The number of allylic oxidation sites excluding steroid dienone is 26. The van der Waals surface area contributed by atoms with Gasteiger partial charge in [-0.1, -0.05) is 178 Å². The molecule has 9 nitrogen and oxygen atoms in total. The van der Waals surface area contributed by atoms with Gasteiger partial charge in [-0.15, -0.1) is 0 Å². The highest BCUT2D eigenvalue weighted by molar-refractivity contribution is 5.71. The van der Waals surface area contributed by atoms with Gasteiger partial charge < -0.3 is 28.5 Å². The number of rotatable bonds is 46. The number of hydrogen-bond donors (Lipinski definition) is 1. The lowest BCUT2D eigenvalue weighted by molar-refractivity contribution is -0.870. The van der Waals surface area contributed by atoms with Gasteiger partial charge in [0.05, 0.1) is 34.4 Å². The quantitative estimate of drug-likeness (QED) is 0.0211. The van der Waals surface area contributed by atoms with Crippen LogP contribution in [0, 0.1) is 0 Å². The fourth-order valence-electron chi connectivity index (χ4n) is 6.23. The number of carboxylic acid groups (broad SMARTS) is 1. The lowest BCUT2D eigenvalue weighted by atomic mass is 10.1. The SMILES string of the molecule is CC/C=C\C/C=C\C/C=C\C/C=C\C/C=C\C/C=C\C/C=C\CCCCCC(=O)OC(COC(=O)CCCC/C=C\C/C=C\C/C=C\C/C=C\C/C=C\C/C=C\CC)COC(OCC[N+](C)(C)C)C(=O)O. The summed E-state index contributed by atoms with van der Waals surface area (Å²) in [4.78, 5) is 37.3. The van der Waals surface area contributed by atoms with Crippen molar-refractivity contribution in [3.8, 4) is 0 Å². The maximum absolute atomic E-state index is 12.8. The second-order valence-electron chi connectivity index (χ2n) is 18.1. The van der Waals surface area contributed by atoms with Crippen LogP contribution in [0.5, 0.6) is 0 Å². The van der Waals surface area contributed by atoms with E-state index in [4.69, 9.17) is 18.9 Å². The van der Waals surface area contributed by atoms with Crippen molar-refractivity contribution >= 4 is 17.9 Å². The molecule has 9 heteroatoms. The minimum absolute atomic E-state index is 0.163. The molecular weight excluding hydrogens is 887 g/mol. The van der Waals surface area contributed by atoms with E-state index < -0.39 is 30.3 Å². The fourth-order valence-corrected chi connectivity index (χ4v) is 6.23. The van der Waals surface area contributed by atoms with Crippen LogP contribution in [0.4, 0.5) is 0 Å². The molecule has 0 bridgehead atoms. The molecule has 0 saturated carbocycles. The van der Waals surface area contributed by atoms with Crippen LogP contribution in [-0.4, -0.2) is 87.4 Å². The molecule has 0 radical (unpaired) electrons. The van der Waals surface area contributed by atoms with Crippen LogP contribution in [0.15, 0.2) is 158 Å². The van der Waals surface area contributed by atoms with E-state index in [0.29, 0.717) is 23.9 Å². The zero-order valence-corrected chi connectivity index (χ0v) is 44.8. The van der Waals surface area contributed by atoms with Crippen molar-refractivity contribution in [2.45, 2.75) is 167 Å². The second kappa shape index (κ2) is 51.3. The molecule has 2 unspecified atom stereocenters. The second-order valence-corrected chi connectivity index (χ2v) is 18.1. The van der Waals surface area contributed by atoms with Crippen LogP contribution in [0.2, 0.25) is 0 Å². The Hall–Kier alpha value is -5.09. The predicted molar refractivity (Wildman–Crippen MR) is 299 cm³/mol. The number of hydrogen-bond acceptors (Lipinski definition) is 7. The number of carboxylic acids is 1.